The minimum atomic E-state index is -0.529. The number of hydrogen-bond donors (Lipinski definition) is 2. The Morgan fingerprint density at radius 2 is 1.74 bits per heavy atom. The van der Waals surface area contributed by atoms with Crippen molar-refractivity contribution >= 4 is 5.91 Å². The second kappa shape index (κ2) is 4.97. The fraction of sp³-hybridized carbons (Fsp3) is 0.562. The summed E-state index contributed by atoms with van der Waals surface area (Å²) < 4.78 is 0. The lowest BCUT2D eigenvalue weighted by Crippen LogP contribution is -2.44. The van der Waals surface area contributed by atoms with Gasteiger partial charge in [0.1, 0.15) is 0 Å². The average Bonchev–Trinajstić information content (AvgIpc) is 3.08. The van der Waals surface area contributed by atoms with Crippen molar-refractivity contribution in [3.8, 4) is 0 Å². The first-order valence-electron chi connectivity index (χ1n) is 6.93. The predicted molar refractivity (Wildman–Crippen MR) is 76.1 cm³/mol. The molecule has 1 amide bonds. The number of nitrogens with one attached hydrogen (secondary N) is 1. The fourth-order valence-electron chi connectivity index (χ4n) is 2.49. The van der Waals surface area contributed by atoms with Crippen molar-refractivity contribution in [2.75, 3.05) is 0 Å². The van der Waals surface area contributed by atoms with Gasteiger partial charge in [0.05, 0.1) is 17.6 Å². The van der Waals surface area contributed by atoms with Gasteiger partial charge >= 0.3 is 0 Å². The number of amides is 1. The molecule has 1 aliphatic rings. The molecule has 2 N–H and O–H groups in total. The zero-order chi connectivity index (χ0) is 14.2. The van der Waals surface area contributed by atoms with Crippen molar-refractivity contribution in [3.63, 3.8) is 0 Å². The smallest absolute Gasteiger partial charge is 0.230 e. The predicted octanol–water partition coefficient (Wildman–Crippen LogP) is 2.22. The molecule has 2 rings (SSSR count). The number of carbonyl (C=O) groups is 1. The molecule has 19 heavy (non-hydrogen) atoms. The van der Waals surface area contributed by atoms with Gasteiger partial charge < -0.3 is 10.4 Å². The van der Waals surface area contributed by atoms with Gasteiger partial charge in [0.15, 0.2) is 0 Å². The van der Waals surface area contributed by atoms with Gasteiger partial charge in [-0.3, -0.25) is 4.79 Å². The van der Waals surface area contributed by atoms with Gasteiger partial charge in [0.2, 0.25) is 5.91 Å². The molecular formula is C16H23NO2. The summed E-state index contributed by atoms with van der Waals surface area (Å²) in [5.74, 6) is 0.0471. The van der Waals surface area contributed by atoms with Gasteiger partial charge in [-0.25, -0.2) is 0 Å². The van der Waals surface area contributed by atoms with E-state index in [2.05, 4.69) is 37.4 Å². The van der Waals surface area contributed by atoms with Gasteiger partial charge in [-0.15, -0.1) is 0 Å². The third-order valence-corrected chi connectivity index (χ3v) is 4.04. The van der Waals surface area contributed by atoms with E-state index < -0.39 is 6.10 Å². The Morgan fingerprint density at radius 3 is 2.16 bits per heavy atom. The van der Waals surface area contributed by atoms with Crippen molar-refractivity contribution in [1.29, 1.82) is 0 Å². The number of rotatable bonds is 4. The number of aliphatic hydroxyl groups excluding tert-OH is 1. The number of aliphatic hydroxyl groups is 1. The van der Waals surface area contributed by atoms with Crippen LogP contribution in [-0.2, 0) is 10.2 Å². The molecule has 0 aliphatic heterocycles. The van der Waals surface area contributed by atoms with Crippen LogP contribution in [0.4, 0.5) is 0 Å². The summed E-state index contributed by atoms with van der Waals surface area (Å²) in [6.07, 6.45) is 1.27. The Bertz CT molecular complexity index is 469. The molecule has 3 nitrogen and oxygen atoms in total. The lowest BCUT2D eigenvalue weighted by Gasteiger charge is -2.22. The van der Waals surface area contributed by atoms with E-state index in [9.17, 15) is 9.90 Å². The number of benzene rings is 1. The molecule has 3 heteroatoms. The Labute approximate surface area is 115 Å². The molecule has 0 heterocycles. The Balaban J connectivity index is 2.21. The topological polar surface area (TPSA) is 49.3 Å². The quantitative estimate of drug-likeness (QED) is 0.873. The zero-order valence-electron chi connectivity index (χ0n) is 12.2. The Hall–Kier alpha value is -1.35. The van der Waals surface area contributed by atoms with Crippen LogP contribution < -0.4 is 5.32 Å². The lowest BCUT2D eigenvalue weighted by atomic mass is 9.91. The monoisotopic (exact) mass is 261 g/mol. The first-order valence-corrected chi connectivity index (χ1v) is 6.93. The maximum Gasteiger partial charge on any atom is 0.230 e. The third-order valence-electron chi connectivity index (χ3n) is 4.04. The first-order chi connectivity index (χ1) is 8.85. The summed E-state index contributed by atoms with van der Waals surface area (Å²) in [7, 11) is 0. The summed E-state index contributed by atoms with van der Waals surface area (Å²) in [5.41, 5.74) is 3.13. The van der Waals surface area contributed by atoms with Gasteiger partial charge in [-0.1, -0.05) is 29.3 Å². The van der Waals surface area contributed by atoms with Crippen LogP contribution in [0.1, 0.15) is 43.4 Å². The molecule has 0 saturated heterocycles. The fourth-order valence-corrected chi connectivity index (χ4v) is 2.49. The van der Waals surface area contributed by atoms with E-state index in [1.807, 2.05) is 6.92 Å². The standard InChI is InChI=1S/C16H23NO2/c1-10-7-11(2)9-14(8-10)16(5-6-16)15(19)17-12(3)13(4)18/h7-9,12-13,18H,5-6H2,1-4H3,(H,17,19). The van der Waals surface area contributed by atoms with Crippen molar-refractivity contribution in [1.82, 2.24) is 5.32 Å². The number of hydrogen-bond acceptors (Lipinski definition) is 2. The summed E-state index contributed by atoms with van der Waals surface area (Å²) in [6.45, 7) is 7.65. The second-order valence-electron chi connectivity index (χ2n) is 5.96. The molecule has 1 saturated carbocycles. The molecule has 1 aromatic rings. The van der Waals surface area contributed by atoms with Crippen LogP contribution in [0, 0.1) is 13.8 Å². The summed E-state index contributed by atoms with van der Waals surface area (Å²) in [4.78, 5) is 12.4. The minimum absolute atomic E-state index is 0.0471. The van der Waals surface area contributed by atoms with Crippen LogP contribution in [0.2, 0.25) is 0 Å². The summed E-state index contributed by atoms with van der Waals surface area (Å²) >= 11 is 0. The highest BCUT2D eigenvalue weighted by atomic mass is 16.3. The SMILES string of the molecule is Cc1cc(C)cc(C2(C(=O)NC(C)C(C)O)CC2)c1. The van der Waals surface area contributed by atoms with Crippen molar-refractivity contribution < 1.29 is 9.90 Å². The van der Waals surface area contributed by atoms with Gasteiger partial charge in [-0.05, 0) is 46.1 Å². The zero-order valence-corrected chi connectivity index (χ0v) is 12.2. The van der Waals surface area contributed by atoms with Gasteiger partial charge in [0.25, 0.3) is 0 Å². The third kappa shape index (κ3) is 2.81. The highest BCUT2D eigenvalue weighted by molar-refractivity contribution is 5.91. The molecule has 104 valence electrons. The van der Waals surface area contributed by atoms with Crippen molar-refractivity contribution in [2.45, 2.75) is 58.1 Å². The van der Waals surface area contributed by atoms with E-state index in [1.54, 1.807) is 6.92 Å². The Kier molecular flexibility index (Phi) is 3.68. The van der Waals surface area contributed by atoms with Crippen molar-refractivity contribution in [2.24, 2.45) is 0 Å². The molecular weight excluding hydrogens is 238 g/mol. The minimum Gasteiger partial charge on any atom is -0.391 e. The molecule has 2 atom stereocenters. The maximum absolute atomic E-state index is 12.4. The molecule has 1 aliphatic carbocycles. The lowest BCUT2D eigenvalue weighted by molar-refractivity contribution is -0.124. The maximum atomic E-state index is 12.4. The van der Waals surface area contributed by atoms with Crippen LogP contribution >= 0.6 is 0 Å². The van der Waals surface area contributed by atoms with Gasteiger partial charge in [0, 0.05) is 0 Å². The van der Waals surface area contributed by atoms with Crippen LogP contribution in [0.3, 0.4) is 0 Å². The van der Waals surface area contributed by atoms with Crippen LogP contribution in [0.15, 0.2) is 18.2 Å². The first kappa shape index (κ1) is 14.1. The highest BCUT2D eigenvalue weighted by Crippen LogP contribution is 2.48. The van der Waals surface area contributed by atoms with Crippen LogP contribution in [0.25, 0.3) is 0 Å². The Morgan fingerprint density at radius 1 is 1.21 bits per heavy atom. The molecule has 0 spiro atoms. The second-order valence-corrected chi connectivity index (χ2v) is 5.96. The number of carbonyl (C=O) groups excluding carboxylic acids is 1. The molecule has 0 aromatic heterocycles. The molecule has 2 unspecified atom stereocenters. The van der Waals surface area contributed by atoms with Crippen LogP contribution in [-0.4, -0.2) is 23.2 Å². The molecule has 1 aromatic carbocycles. The van der Waals surface area contributed by atoms with E-state index in [0.717, 1.165) is 18.4 Å². The van der Waals surface area contributed by atoms with E-state index in [1.165, 1.54) is 11.1 Å². The largest absolute Gasteiger partial charge is 0.391 e. The van der Waals surface area contributed by atoms with E-state index in [-0.39, 0.29) is 17.4 Å². The normalized spacial score (nSPS) is 19.6. The molecule has 0 bridgehead atoms. The highest BCUT2D eigenvalue weighted by Gasteiger charge is 2.51. The van der Waals surface area contributed by atoms with Crippen molar-refractivity contribution in [3.05, 3.63) is 34.9 Å². The van der Waals surface area contributed by atoms with E-state index in [0.29, 0.717) is 0 Å². The molecule has 1 fully saturated rings. The van der Waals surface area contributed by atoms with E-state index in [4.69, 9.17) is 0 Å². The average molecular weight is 261 g/mol. The molecule has 0 radical (unpaired) electrons. The van der Waals surface area contributed by atoms with Crippen LogP contribution in [0.5, 0.6) is 0 Å². The van der Waals surface area contributed by atoms with Gasteiger partial charge in [-0.2, -0.15) is 0 Å². The summed E-state index contributed by atoms with van der Waals surface area (Å²) in [6, 6.07) is 6.12. The van der Waals surface area contributed by atoms with E-state index >= 15 is 0 Å². The summed E-state index contributed by atoms with van der Waals surface area (Å²) in [5, 5.41) is 12.4. The number of aryl methyl sites for hydroxylation is 2.